The van der Waals surface area contributed by atoms with Crippen molar-refractivity contribution in [3.8, 4) is 0 Å². The monoisotopic (exact) mass is 327 g/mol. The number of alkyl halides is 3. The minimum absolute atomic E-state index is 0.0759. The molecule has 2 N–H and O–H groups in total. The molecule has 1 unspecified atom stereocenters. The summed E-state index contributed by atoms with van der Waals surface area (Å²) in [6.45, 7) is 2.11. The summed E-state index contributed by atoms with van der Waals surface area (Å²) >= 11 is 5.82. The van der Waals surface area contributed by atoms with Crippen LogP contribution >= 0.6 is 11.6 Å². The van der Waals surface area contributed by atoms with Crippen molar-refractivity contribution in [2.75, 3.05) is 11.9 Å². The Kier molecular flexibility index (Phi) is 5.63. The Balaban J connectivity index is 3.07. The first kappa shape index (κ1) is 17.8. The number of nitrogens with zero attached hydrogens (tertiary/aromatic N) is 2. The van der Waals surface area contributed by atoms with E-state index in [1.165, 1.54) is 0 Å². The van der Waals surface area contributed by atoms with E-state index in [1.54, 1.807) is 6.92 Å². The third-order valence-corrected chi connectivity index (χ3v) is 3.56. The summed E-state index contributed by atoms with van der Waals surface area (Å²) in [6, 6.07) is 0. The fraction of sp³-hybridized carbons (Fsp3) is 0.667. The molecule has 5 nitrogen and oxygen atoms in total. The predicted octanol–water partition coefficient (Wildman–Crippen LogP) is 2.42. The van der Waals surface area contributed by atoms with Gasteiger partial charge < -0.3 is 10.4 Å². The zero-order valence-electron chi connectivity index (χ0n) is 11.7. The summed E-state index contributed by atoms with van der Waals surface area (Å²) in [5.74, 6) is 0. The highest BCUT2D eigenvalue weighted by atomic mass is 35.5. The molecular weight excluding hydrogens is 311 g/mol. The molecule has 1 aromatic heterocycles. The Hall–Kier alpha value is -1.28. The Morgan fingerprint density at radius 3 is 2.57 bits per heavy atom. The van der Waals surface area contributed by atoms with E-state index in [-0.39, 0.29) is 22.0 Å². The second-order valence-corrected chi connectivity index (χ2v) is 5.34. The van der Waals surface area contributed by atoms with Gasteiger partial charge in [0, 0.05) is 12.1 Å². The first-order valence-electron chi connectivity index (χ1n) is 6.33. The summed E-state index contributed by atoms with van der Waals surface area (Å²) in [5, 5.41) is 15.1. The molecule has 0 bridgehead atoms. The average molecular weight is 328 g/mol. The van der Waals surface area contributed by atoms with Crippen molar-refractivity contribution in [3.63, 3.8) is 0 Å². The molecule has 0 amide bonds. The maximum atomic E-state index is 12.3. The van der Waals surface area contributed by atoms with Crippen molar-refractivity contribution in [1.82, 2.24) is 9.78 Å². The highest BCUT2D eigenvalue weighted by molar-refractivity contribution is 6.32. The van der Waals surface area contributed by atoms with Crippen LogP contribution in [0.1, 0.15) is 26.7 Å². The maximum absolute atomic E-state index is 12.3. The Morgan fingerprint density at radius 1 is 1.48 bits per heavy atom. The molecule has 0 saturated carbocycles. The van der Waals surface area contributed by atoms with E-state index in [2.05, 4.69) is 10.4 Å². The van der Waals surface area contributed by atoms with Crippen LogP contribution in [0.2, 0.25) is 5.02 Å². The molecule has 0 aliphatic heterocycles. The normalized spacial score (nSPS) is 14.8. The van der Waals surface area contributed by atoms with Crippen LogP contribution in [0.15, 0.2) is 11.0 Å². The van der Waals surface area contributed by atoms with Crippen LogP contribution in [-0.4, -0.2) is 33.2 Å². The van der Waals surface area contributed by atoms with E-state index in [0.29, 0.717) is 12.8 Å². The van der Waals surface area contributed by atoms with Crippen molar-refractivity contribution in [3.05, 3.63) is 21.6 Å². The van der Waals surface area contributed by atoms with E-state index in [1.807, 2.05) is 6.92 Å². The summed E-state index contributed by atoms with van der Waals surface area (Å²) in [6.07, 6.45) is -2.45. The highest BCUT2D eigenvalue weighted by Gasteiger charge is 2.30. The summed E-state index contributed by atoms with van der Waals surface area (Å²) < 4.78 is 37.1. The standard InChI is InChI=1S/C12H17ClF3N3O2/c1-3-11(2,4-5-20)18-8-6-17-19(7-12(14,15)16)10(21)9(8)13/h6,18,20H,3-5,7H2,1-2H3. The van der Waals surface area contributed by atoms with Gasteiger partial charge in [-0.2, -0.15) is 18.3 Å². The summed E-state index contributed by atoms with van der Waals surface area (Å²) in [5.41, 5.74) is -1.40. The van der Waals surface area contributed by atoms with Crippen molar-refractivity contribution in [2.24, 2.45) is 0 Å². The zero-order chi connectivity index (χ0) is 16.3. The molecular formula is C12H17ClF3N3O2. The van der Waals surface area contributed by atoms with Gasteiger partial charge in [0.15, 0.2) is 0 Å². The van der Waals surface area contributed by atoms with E-state index >= 15 is 0 Å². The third-order valence-electron chi connectivity index (χ3n) is 3.19. The molecule has 0 fully saturated rings. The molecule has 0 aliphatic rings. The first-order valence-corrected chi connectivity index (χ1v) is 6.71. The molecule has 1 heterocycles. The van der Waals surface area contributed by atoms with Gasteiger partial charge in [-0.05, 0) is 19.8 Å². The quantitative estimate of drug-likeness (QED) is 0.842. The molecule has 1 rings (SSSR count). The largest absolute Gasteiger partial charge is 0.408 e. The average Bonchev–Trinajstić information content (AvgIpc) is 2.37. The molecule has 0 radical (unpaired) electrons. The Bertz CT molecular complexity index is 548. The number of rotatable bonds is 6. The van der Waals surface area contributed by atoms with Gasteiger partial charge in [0.2, 0.25) is 0 Å². The number of nitrogens with one attached hydrogen (secondary N) is 1. The van der Waals surface area contributed by atoms with Gasteiger partial charge in [-0.3, -0.25) is 4.79 Å². The lowest BCUT2D eigenvalue weighted by molar-refractivity contribution is -0.143. The van der Waals surface area contributed by atoms with Crippen LogP contribution in [0.3, 0.4) is 0 Å². The first-order chi connectivity index (χ1) is 9.62. The molecule has 0 aromatic carbocycles. The van der Waals surface area contributed by atoms with Gasteiger partial charge >= 0.3 is 6.18 Å². The van der Waals surface area contributed by atoms with Gasteiger partial charge in [-0.1, -0.05) is 18.5 Å². The molecule has 1 aromatic rings. The molecule has 9 heteroatoms. The number of hydrogen-bond acceptors (Lipinski definition) is 4. The molecule has 1 atom stereocenters. The lowest BCUT2D eigenvalue weighted by Crippen LogP contribution is -2.37. The third kappa shape index (κ3) is 4.89. The van der Waals surface area contributed by atoms with Gasteiger partial charge in [-0.25, -0.2) is 4.68 Å². The summed E-state index contributed by atoms with van der Waals surface area (Å²) in [4.78, 5) is 11.8. The van der Waals surface area contributed by atoms with Crippen LogP contribution in [0.4, 0.5) is 18.9 Å². The second-order valence-electron chi connectivity index (χ2n) is 4.96. The molecule has 0 saturated heterocycles. The number of anilines is 1. The number of hydrogen-bond donors (Lipinski definition) is 2. The number of halogens is 4. The van der Waals surface area contributed by atoms with E-state index in [0.717, 1.165) is 6.20 Å². The summed E-state index contributed by atoms with van der Waals surface area (Å²) in [7, 11) is 0. The highest BCUT2D eigenvalue weighted by Crippen LogP contribution is 2.25. The van der Waals surface area contributed by atoms with Crippen LogP contribution in [0.5, 0.6) is 0 Å². The SMILES string of the molecule is CCC(C)(CCO)Nc1cnn(CC(F)(F)F)c(=O)c1Cl. The Labute approximate surface area is 124 Å². The molecule has 120 valence electrons. The number of aromatic nitrogens is 2. The topological polar surface area (TPSA) is 67.2 Å². The zero-order valence-corrected chi connectivity index (χ0v) is 12.4. The van der Waals surface area contributed by atoms with Crippen molar-refractivity contribution < 1.29 is 18.3 Å². The van der Waals surface area contributed by atoms with Crippen molar-refractivity contribution in [1.29, 1.82) is 0 Å². The number of aliphatic hydroxyl groups excluding tert-OH is 1. The van der Waals surface area contributed by atoms with Crippen molar-refractivity contribution >= 4 is 17.3 Å². The minimum Gasteiger partial charge on any atom is -0.396 e. The second kappa shape index (κ2) is 6.65. The predicted molar refractivity (Wildman–Crippen MR) is 73.6 cm³/mol. The Morgan fingerprint density at radius 2 is 2.10 bits per heavy atom. The van der Waals surface area contributed by atoms with Crippen LogP contribution in [0.25, 0.3) is 0 Å². The van der Waals surface area contributed by atoms with Crippen LogP contribution in [0, 0.1) is 0 Å². The molecule has 0 spiro atoms. The minimum atomic E-state index is -4.55. The van der Waals surface area contributed by atoms with E-state index in [9.17, 15) is 18.0 Å². The van der Waals surface area contributed by atoms with Gasteiger partial charge in [0.25, 0.3) is 5.56 Å². The van der Waals surface area contributed by atoms with E-state index in [4.69, 9.17) is 16.7 Å². The van der Waals surface area contributed by atoms with Gasteiger partial charge in [-0.15, -0.1) is 0 Å². The molecule has 21 heavy (non-hydrogen) atoms. The smallest absolute Gasteiger partial charge is 0.396 e. The van der Waals surface area contributed by atoms with Crippen LogP contribution in [-0.2, 0) is 6.54 Å². The molecule has 0 aliphatic carbocycles. The maximum Gasteiger partial charge on any atom is 0.408 e. The fourth-order valence-electron chi connectivity index (χ4n) is 1.73. The van der Waals surface area contributed by atoms with Gasteiger partial charge in [0.05, 0.1) is 11.9 Å². The lowest BCUT2D eigenvalue weighted by Gasteiger charge is -2.30. The fourth-order valence-corrected chi connectivity index (χ4v) is 1.93. The van der Waals surface area contributed by atoms with Gasteiger partial charge in [0.1, 0.15) is 11.6 Å². The lowest BCUT2D eigenvalue weighted by atomic mass is 9.94. The number of aliphatic hydroxyl groups is 1. The van der Waals surface area contributed by atoms with Crippen LogP contribution < -0.4 is 10.9 Å². The van der Waals surface area contributed by atoms with Crippen molar-refractivity contribution in [2.45, 2.75) is 44.9 Å². The van der Waals surface area contributed by atoms with E-state index < -0.39 is 23.8 Å².